The molecule has 0 saturated carbocycles. The van der Waals surface area contributed by atoms with Crippen molar-refractivity contribution in [2.45, 2.75) is 12.5 Å². The van der Waals surface area contributed by atoms with Crippen molar-refractivity contribution < 1.29 is 23.1 Å². The Labute approximate surface area is 77.7 Å². The second-order valence-corrected chi connectivity index (χ2v) is 2.59. The summed E-state index contributed by atoms with van der Waals surface area (Å²) in [4.78, 5) is 13.6. The minimum atomic E-state index is -3.76. The zero-order chi connectivity index (χ0) is 10.6. The van der Waals surface area contributed by atoms with Crippen LogP contribution in [0.25, 0.3) is 0 Å². The monoisotopic (exact) mass is 206 g/mol. The van der Waals surface area contributed by atoms with Crippen LogP contribution in [0.5, 0.6) is 0 Å². The third-order valence-electron chi connectivity index (χ3n) is 1.45. The third kappa shape index (κ3) is 2.77. The highest BCUT2D eigenvalue weighted by atomic mass is 19.3. The van der Waals surface area contributed by atoms with Gasteiger partial charge in [0.25, 0.3) is 0 Å². The summed E-state index contributed by atoms with van der Waals surface area (Å²) in [5.74, 6) is -5.91. The van der Waals surface area contributed by atoms with Gasteiger partial charge in [0, 0.05) is 6.54 Å². The molecule has 1 aromatic heterocycles. The SMILES string of the molecule is O=C(O)C(F)(F)CNCc1cocn1. The minimum Gasteiger partial charge on any atom is -0.477 e. The Balaban J connectivity index is 2.31. The molecule has 0 spiro atoms. The normalized spacial score (nSPS) is 11.6. The van der Waals surface area contributed by atoms with Gasteiger partial charge in [0.15, 0.2) is 6.39 Å². The molecular formula is C7H8F2N2O3. The predicted octanol–water partition coefficient (Wildman–Crippen LogP) is 0.484. The van der Waals surface area contributed by atoms with E-state index in [9.17, 15) is 13.6 Å². The van der Waals surface area contributed by atoms with Gasteiger partial charge in [-0.1, -0.05) is 0 Å². The average molecular weight is 206 g/mol. The number of carbonyl (C=O) groups is 1. The molecule has 1 rings (SSSR count). The Kier molecular flexibility index (Phi) is 3.13. The number of hydrogen-bond acceptors (Lipinski definition) is 4. The number of aromatic nitrogens is 1. The summed E-state index contributed by atoms with van der Waals surface area (Å²) in [6.07, 6.45) is 2.44. The van der Waals surface area contributed by atoms with E-state index < -0.39 is 18.4 Å². The van der Waals surface area contributed by atoms with Gasteiger partial charge in [-0.25, -0.2) is 9.78 Å². The van der Waals surface area contributed by atoms with Crippen molar-refractivity contribution >= 4 is 5.97 Å². The van der Waals surface area contributed by atoms with Crippen LogP contribution < -0.4 is 5.32 Å². The number of oxazole rings is 1. The number of hydrogen-bond donors (Lipinski definition) is 2. The lowest BCUT2D eigenvalue weighted by molar-refractivity contribution is -0.164. The fourth-order valence-electron chi connectivity index (χ4n) is 0.748. The lowest BCUT2D eigenvalue weighted by atomic mass is 10.3. The Hall–Kier alpha value is -1.50. The number of alkyl halides is 2. The van der Waals surface area contributed by atoms with E-state index >= 15 is 0 Å². The molecule has 0 unspecified atom stereocenters. The summed E-state index contributed by atoms with van der Waals surface area (Å²) < 4.78 is 29.5. The lowest BCUT2D eigenvalue weighted by Gasteiger charge is -2.10. The van der Waals surface area contributed by atoms with Gasteiger partial charge >= 0.3 is 11.9 Å². The second-order valence-electron chi connectivity index (χ2n) is 2.59. The van der Waals surface area contributed by atoms with Crippen molar-refractivity contribution in [2.75, 3.05) is 6.54 Å². The van der Waals surface area contributed by atoms with Gasteiger partial charge in [0.1, 0.15) is 6.26 Å². The van der Waals surface area contributed by atoms with Gasteiger partial charge in [-0.3, -0.25) is 0 Å². The molecule has 0 saturated heterocycles. The molecule has 0 aliphatic heterocycles. The van der Waals surface area contributed by atoms with Gasteiger partial charge in [-0.05, 0) is 0 Å². The molecular weight excluding hydrogens is 198 g/mol. The quantitative estimate of drug-likeness (QED) is 0.733. The van der Waals surface area contributed by atoms with Crippen molar-refractivity contribution in [2.24, 2.45) is 0 Å². The molecule has 14 heavy (non-hydrogen) atoms. The first-order valence-electron chi connectivity index (χ1n) is 3.71. The highest BCUT2D eigenvalue weighted by Crippen LogP contribution is 2.11. The maximum absolute atomic E-state index is 12.5. The van der Waals surface area contributed by atoms with Crippen LogP contribution in [0.1, 0.15) is 5.69 Å². The van der Waals surface area contributed by atoms with Crippen molar-refractivity contribution in [1.29, 1.82) is 0 Å². The van der Waals surface area contributed by atoms with Crippen LogP contribution >= 0.6 is 0 Å². The first kappa shape index (κ1) is 10.6. The summed E-state index contributed by atoms with van der Waals surface area (Å²) in [5, 5.41) is 10.3. The molecule has 0 radical (unpaired) electrons. The van der Waals surface area contributed by atoms with E-state index in [-0.39, 0.29) is 6.54 Å². The maximum Gasteiger partial charge on any atom is 0.375 e. The number of nitrogens with one attached hydrogen (secondary N) is 1. The Bertz CT molecular complexity index is 300. The van der Waals surface area contributed by atoms with E-state index in [4.69, 9.17) is 5.11 Å². The zero-order valence-electron chi connectivity index (χ0n) is 7.04. The standard InChI is InChI=1S/C7H8F2N2O3/c8-7(9,6(12)13)3-10-1-5-2-14-4-11-5/h2,4,10H,1,3H2,(H,12,13). The van der Waals surface area contributed by atoms with E-state index in [1.54, 1.807) is 0 Å². The third-order valence-corrected chi connectivity index (χ3v) is 1.45. The fraction of sp³-hybridized carbons (Fsp3) is 0.429. The molecule has 0 fully saturated rings. The van der Waals surface area contributed by atoms with Gasteiger partial charge in [0.2, 0.25) is 0 Å². The predicted molar refractivity (Wildman–Crippen MR) is 40.8 cm³/mol. The van der Waals surface area contributed by atoms with Gasteiger partial charge in [-0.2, -0.15) is 8.78 Å². The molecule has 0 atom stereocenters. The summed E-state index contributed by atoms with van der Waals surface area (Å²) in [6, 6.07) is 0. The molecule has 0 aliphatic carbocycles. The first-order valence-corrected chi connectivity index (χ1v) is 3.71. The molecule has 0 aromatic carbocycles. The Morgan fingerprint density at radius 2 is 2.43 bits per heavy atom. The van der Waals surface area contributed by atoms with E-state index in [2.05, 4.69) is 14.7 Å². The summed E-state index contributed by atoms with van der Waals surface area (Å²) in [6.45, 7) is -0.894. The number of carboxylic acids is 1. The maximum atomic E-state index is 12.5. The van der Waals surface area contributed by atoms with Crippen LogP contribution in [0.2, 0.25) is 0 Å². The number of carboxylic acid groups (broad SMARTS) is 1. The van der Waals surface area contributed by atoms with Gasteiger partial charge in [-0.15, -0.1) is 0 Å². The number of halogens is 2. The summed E-state index contributed by atoms with van der Waals surface area (Å²) in [5.41, 5.74) is 0.436. The van der Waals surface area contributed by atoms with E-state index in [0.717, 1.165) is 6.39 Å². The van der Waals surface area contributed by atoms with Crippen LogP contribution in [0, 0.1) is 0 Å². The first-order chi connectivity index (χ1) is 6.52. The molecule has 5 nitrogen and oxygen atoms in total. The Morgan fingerprint density at radius 1 is 1.71 bits per heavy atom. The van der Waals surface area contributed by atoms with Crippen molar-refractivity contribution in [3.05, 3.63) is 18.4 Å². The van der Waals surface area contributed by atoms with Crippen LogP contribution in [0.15, 0.2) is 17.1 Å². The topological polar surface area (TPSA) is 75.4 Å². The Morgan fingerprint density at radius 3 is 2.93 bits per heavy atom. The van der Waals surface area contributed by atoms with Gasteiger partial charge < -0.3 is 14.8 Å². The number of nitrogens with zero attached hydrogens (tertiary/aromatic N) is 1. The number of rotatable bonds is 5. The summed E-state index contributed by atoms with van der Waals surface area (Å²) in [7, 11) is 0. The van der Waals surface area contributed by atoms with Gasteiger partial charge in [0.05, 0.1) is 12.2 Å². The highest BCUT2D eigenvalue weighted by molar-refractivity contribution is 5.75. The second kappa shape index (κ2) is 4.14. The largest absolute Gasteiger partial charge is 0.477 e. The van der Waals surface area contributed by atoms with Crippen LogP contribution in [-0.4, -0.2) is 28.5 Å². The lowest BCUT2D eigenvalue weighted by Crippen LogP contribution is -2.39. The van der Waals surface area contributed by atoms with Crippen LogP contribution in [0.4, 0.5) is 8.78 Å². The van der Waals surface area contributed by atoms with E-state index in [1.807, 2.05) is 0 Å². The van der Waals surface area contributed by atoms with Crippen LogP contribution in [0.3, 0.4) is 0 Å². The fourth-order valence-corrected chi connectivity index (χ4v) is 0.748. The van der Waals surface area contributed by atoms with Crippen molar-refractivity contribution in [1.82, 2.24) is 10.3 Å². The summed E-state index contributed by atoms with van der Waals surface area (Å²) >= 11 is 0. The van der Waals surface area contributed by atoms with Crippen LogP contribution in [-0.2, 0) is 11.3 Å². The van der Waals surface area contributed by atoms with E-state index in [1.165, 1.54) is 6.26 Å². The number of aliphatic carboxylic acids is 1. The molecule has 1 heterocycles. The van der Waals surface area contributed by atoms with Crippen molar-refractivity contribution in [3.63, 3.8) is 0 Å². The molecule has 0 amide bonds. The molecule has 7 heteroatoms. The smallest absolute Gasteiger partial charge is 0.375 e. The zero-order valence-corrected chi connectivity index (χ0v) is 7.04. The molecule has 78 valence electrons. The van der Waals surface area contributed by atoms with E-state index in [0.29, 0.717) is 5.69 Å². The minimum absolute atomic E-state index is 0.0410. The average Bonchev–Trinajstić information content (AvgIpc) is 2.56. The highest BCUT2D eigenvalue weighted by Gasteiger charge is 2.38. The molecule has 0 aliphatic rings. The van der Waals surface area contributed by atoms with Crippen molar-refractivity contribution in [3.8, 4) is 0 Å². The molecule has 2 N–H and O–H groups in total. The molecule has 1 aromatic rings. The molecule has 0 bridgehead atoms.